The molecule has 2 aliphatic rings. The van der Waals surface area contributed by atoms with Gasteiger partial charge in [0, 0.05) is 61.5 Å². The Morgan fingerprint density at radius 3 is 1.47 bits per heavy atom. The van der Waals surface area contributed by atoms with Crippen LogP contribution in [0.5, 0.6) is 0 Å². The Balaban J connectivity index is 1.04. The molecule has 75 heavy (non-hydrogen) atoms. The van der Waals surface area contributed by atoms with Crippen molar-refractivity contribution in [2.75, 3.05) is 9.80 Å². The number of nitrogens with zero attached hydrogens (tertiary/aromatic N) is 3. The van der Waals surface area contributed by atoms with Gasteiger partial charge >= 0.3 is 0 Å². The molecule has 2 aliphatic carbocycles. The lowest BCUT2D eigenvalue weighted by Gasteiger charge is -2.33. The van der Waals surface area contributed by atoms with Crippen LogP contribution in [0.1, 0.15) is 22.3 Å². The highest BCUT2D eigenvalue weighted by atomic mass is 16.3. The van der Waals surface area contributed by atoms with Crippen molar-refractivity contribution in [2.24, 2.45) is 0 Å². The number of aromatic nitrogens is 1. The summed E-state index contributed by atoms with van der Waals surface area (Å²) in [4.78, 5) is 4.77. The van der Waals surface area contributed by atoms with Gasteiger partial charge in [-0.2, -0.15) is 0 Å². The molecule has 0 aliphatic heterocycles. The molecule has 350 valence electrons. The van der Waals surface area contributed by atoms with Crippen LogP contribution >= 0.6 is 0 Å². The highest BCUT2D eigenvalue weighted by molar-refractivity contribution is 6.25. The monoisotopic (exact) mass is 955 g/mol. The van der Waals surface area contributed by atoms with Gasteiger partial charge < -0.3 is 18.8 Å². The van der Waals surface area contributed by atoms with Gasteiger partial charge in [-0.25, -0.2) is 0 Å². The Labute approximate surface area is 433 Å². The summed E-state index contributed by atoms with van der Waals surface area (Å²) in [6, 6.07) is 99.9. The van der Waals surface area contributed by atoms with Gasteiger partial charge in [-0.1, -0.05) is 158 Å². The zero-order valence-corrected chi connectivity index (χ0v) is 40.7. The first-order valence-corrected chi connectivity index (χ1v) is 25.8. The van der Waals surface area contributed by atoms with Crippen LogP contribution in [0.2, 0.25) is 0 Å². The quantitative estimate of drug-likeness (QED) is 0.159. The van der Waals surface area contributed by atoms with E-state index in [0.717, 1.165) is 94.7 Å². The van der Waals surface area contributed by atoms with Crippen LogP contribution in [-0.2, 0) is 5.41 Å². The van der Waals surface area contributed by atoms with E-state index in [1.165, 1.54) is 44.2 Å². The molecule has 0 amide bonds. The van der Waals surface area contributed by atoms with Gasteiger partial charge in [0.1, 0.15) is 11.2 Å². The molecule has 2 heterocycles. The first kappa shape index (κ1) is 41.7. The Kier molecular flexibility index (Phi) is 8.92. The maximum atomic E-state index is 7.68. The number of hydrogen-bond donors (Lipinski definition) is 0. The van der Waals surface area contributed by atoms with Gasteiger partial charge in [-0.05, 0) is 165 Å². The van der Waals surface area contributed by atoms with E-state index in [9.17, 15) is 0 Å². The van der Waals surface area contributed by atoms with Crippen molar-refractivity contribution in [1.29, 1.82) is 0 Å². The standard InChI is InChI=1S/C71H45N3O/c1-6-22-48(23-7-1)72(49-24-8-2-9-25-49)53-35-39-61-60(44-53)67-62(40-37-56-57-38-41-66-68(70(57)75-69(56)67)58-32-18-19-33-65(58)74(66)52-30-14-5-15-31-52)71(61)63-43-47-21-17-16-20-46(47)42-59(63)55-36-34-54(45-64(55)71)73(50-26-10-3-11-27-50)51-28-12-4-13-29-51/h1-45H. The predicted octanol–water partition coefficient (Wildman–Crippen LogP) is 19.1. The maximum Gasteiger partial charge on any atom is 0.145 e. The van der Waals surface area contributed by atoms with E-state index in [4.69, 9.17) is 4.42 Å². The van der Waals surface area contributed by atoms with Crippen LogP contribution in [0.4, 0.5) is 34.1 Å². The first-order chi connectivity index (χ1) is 37.2. The maximum absolute atomic E-state index is 7.68. The second kappa shape index (κ2) is 16.1. The molecule has 0 bridgehead atoms. The molecule has 4 heteroatoms. The molecule has 2 aromatic heterocycles. The molecule has 1 unspecified atom stereocenters. The average molecular weight is 956 g/mol. The fourth-order valence-corrected chi connectivity index (χ4v) is 13.1. The smallest absolute Gasteiger partial charge is 0.145 e. The molecule has 14 aromatic rings. The van der Waals surface area contributed by atoms with Crippen LogP contribution in [0.3, 0.4) is 0 Å². The fourth-order valence-electron chi connectivity index (χ4n) is 13.1. The lowest BCUT2D eigenvalue weighted by Crippen LogP contribution is -2.26. The summed E-state index contributed by atoms with van der Waals surface area (Å²) in [6.07, 6.45) is 0. The van der Waals surface area contributed by atoms with Gasteiger partial charge in [-0.3, -0.25) is 0 Å². The molecule has 12 aromatic carbocycles. The van der Waals surface area contributed by atoms with Crippen molar-refractivity contribution in [3.63, 3.8) is 0 Å². The van der Waals surface area contributed by atoms with Crippen molar-refractivity contribution >= 4 is 88.6 Å². The van der Waals surface area contributed by atoms with Gasteiger partial charge in [-0.15, -0.1) is 0 Å². The minimum absolute atomic E-state index is 0.719. The van der Waals surface area contributed by atoms with Gasteiger partial charge in [0.25, 0.3) is 0 Å². The van der Waals surface area contributed by atoms with Crippen LogP contribution in [0, 0.1) is 0 Å². The van der Waals surface area contributed by atoms with E-state index in [0.29, 0.717) is 0 Å². The van der Waals surface area contributed by atoms with E-state index in [-0.39, 0.29) is 0 Å². The molecule has 0 N–H and O–H groups in total. The van der Waals surface area contributed by atoms with Crippen molar-refractivity contribution in [3.05, 3.63) is 295 Å². The molecule has 0 fully saturated rings. The highest BCUT2D eigenvalue weighted by Gasteiger charge is 2.53. The summed E-state index contributed by atoms with van der Waals surface area (Å²) in [7, 11) is 0. The third-order valence-electron chi connectivity index (χ3n) is 16.1. The molecule has 0 saturated heterocycles. The number of benzene rings is 12. The lowest BCUT2D eigenvalue weighted by atomic mass is 9.70. The number of hydrogen-bond acceptors (Lipinski definition) is 3. The summed E-state index contributed by atoms with van der Waals surface area (Å²) < 4.78 is 10.1. The van der Waals surface area contributed by atoms with Crippen molar-refractivity contribution in [1.82, 2.24) is 4.57 Å². The average Bonchev–Trinajstić information content (AvgIpc) is 4.31. The highest BCUT2D eigenvalue weighted by Crippen LogP contribution is 2.66. The van der Waals surface area contributed by atoms with Crippen molar-refractivity contribution in [2.45, 2.75) is 5.41 Å². The third kappa shape index (κ3) is 5.93. The molecule has 0 saturated carbocycles. The molecule has 4 nitrogen and oxygen atoms in total. The summed E-state index contributed by atoms with van der Waals surface area (Å²) >= 11 is 0. The van der Waals surface area contributed by atoms with Crippen LogP contribution in [0.15, 0.2) is 277 Å². The van der Waals surface area contributed by atoms with E-state index >= 15 is 0 Å². The van der Waals surface area contributed by atoms with Crippen molar-refractivity contribution < 1.29 is 4.42 Å². The summed E-state index contributed by atoms with van der Waals surface area (Å²) in [6.45, 7) is 0. The summed E-state index contributed by atoms with van der Waals surface area (Å²) in [5.41, 5.74) is 20.8. The van der Waals surface area contributed by atoms with Gasteiger partial charge in [0.2, 0.25) is 0 Å². The lowest BCUT2D eigenvalue weighted by molar-refractivity contribution is 0.673. The minimum Gasteiger partial charge on any atom is -0.455 e. The topological polar surface area (TPSA) is 24.6 Å². The molecule has 0 radical (unpaired) electrons. The molecule has 1 spiro atoms. The Morgan fingerprint density at radius 1 is 0.307 bits per heavy atom. The number of fused-ring (bicyclic) bond motifs is 19. The number of para-hydroxylation sites is 6. The predicted molar refractivity (Wildman–Crippen MR) is 311 cm³/mol. The normalized spacial score (nSPS) is 14.2. The van der Waals surface area contributed by atoms with Gasteiger partial charge in [0.15, 0.2) is 0 Å². The Morgan fingerprint density at radius 2 is 0.813 bits per heavy atom. The SMILES string of the molecule is c1ccc(N(c2ccccc2)c2ccc3c(c2)-c2c(ccc4c2oc2c4ccc4c2c2ccccc2n4-c2ccccc2)C32c3cc(N(c4ccccc4)c4ccccc4)ccc3-c3cc4ccccc4cc32)cc1. The van der Waals surface area contributed by atoms with Crippen LogP contribution in [0.25, 0.3) is 82.5 Å². The van der Waals surface area contributed by atoms with Crippen molar-refractivity contribution in [3.8, 4) is 27.9 Å². The summed E-state index contributed by atoms with van der Waals surface area (Å²) in [5.74, 6) is 0. The van der Waals surface area contributed by atoms with Gasteiger partial charge in [0.05, 0.1) is 21.8 Å². The number of anilines is 6. The first-order valence-electron chi connectivity index (χ1n) is 25.8. The zero-order valence-electron chi connectivity index (χ0n) is 40.7. The van der Waals surface area contributed by atoms with E-state index < -0.39 is 5.41 Å². The molecular weight excluding hydrogens is 911 g/mol. The third-order valence-corrected chi connectivity index (χ3v) is 16.1. The number of furan rings is 1. The van der Waals surface area contributed by atoms with Crippen LogP contribution in [-0.4, -0.2) is 4.57 Å². The molecular formula is C71H45N3O. The Bertz CT molecular complexity index is 4500. The Hall–Kier alpha value is -9.90. The van der Waals surface area contributed by atoms with Crippen LogP contribution < -0.4 is 9.80 Å². The largest absolute Gasteiger partial charge is 0.455 e. The second-order valence-electron chi connectivity index (χ2n) is 20.0. The van der Waals surface area contributed by atoms with E-state index in [1.54, 1.807) is 0 Å². The fraction of sp³-hybridized carbons (Fsp3) is 0.0141. The van der Waals surface area contributed by atoms with E-state index in [1.807, 2.05) is 0 Å². The van der Waals surface area contributed by atoms with E-state index in [2.05, 4.69) is 287 Å². The minimum atomic E-state index is -0.719. The number of rotatable bonds is 7. The molecule has 1 atom stereocenters. The molecule has 16 rings (SSSR count). The zero-order chi connectivity index (χ0) is 49.2. The summed E-state index contributed by atoms with van der Waals surface area (Å²) in [5, 5.41) is 6.92. The second-order valence-corrected chi connectivity index (χ2v) is 20.0.